The number of benzene rings is 2. The summed E-state index contributed by atoms with van der Waals surface area (Å²) in [5.74, 6) is 0.854. The van der Waals surface area contributed by atoms with Crippen LogP contribution in [0, 0.1) is 0 Å². The van der Waals surface area contributed by atoms with E-state index in [9.17, 15) is 4.79 Å². The number of halogens is 1. The predicted molar refractivity (Wildman–Crippen MR) is 147 cm³/mol. The van der Waals surface area contributed by atoms with Gasteiger partial charge in [-0.05, 0) is 42.7 Å². The van der Waals surface area contributed by atoms with E-state index in [-0.39, 0.29) is 29.5 Å². The summed E-state index contributed by atoms with van der Waals surface area (Å²) in [6.07, 6.45) is 2.91. The minimum Gasteiger partial charge on any atom is -0.369 e. The summed E-state index contributed by atoms with van der Waals surface area (Å²) in [5, 5.41) is 6.96. The Morgan fingerprint density at radius 3 is 2.45 bits per heavy atom. The van der Waals surface area contributed by atoms with Gasteiger partial charge in [-0.3, -0.25) is 4.79 Å². The standard InChI is InChI=1S/C26H31N5O.HI/c1-2-27-26(29-23-15-17-30(20-23)24-8-4-3-5-9-24)28-18-21-11-13-22(14-12-21)19-31-16-7-6-10-25(31)32;/h3-14,16,23H,2,15,17-20H2,1H3,(H2,27,28,29);1H. The van der Waals surface area contributed by atoms with Gasteiger partial charge in [-0.1, -0.05) is 48.5 Å². The minimum atomic E-state index is 0. The Morgan fingerprint density at radius 1 is 1.00 bits per heavy atom. The maximum Gasteiger partial charge on any atom is 0.250 e. The van der Waals surface area contributed by atoms with E-state index >= 15 is 0 Å². The van der Waals surface area contributed by atoms with Crippen LogP contribution in [-0.4, -0.2) is 36.2 Å². The summed E-state index contributed by atoms with van der Waals surface area (Å²) in [7, 11) is 0. The van der Waals surface area contributed by atoms with Crippen LogP contribution in [0.3, 0.4) is 0 Å². The van der Waals surface area contributed by atoms with E-state index < -0.39 is 0 Å². The number of nitrogens with zero attached hydrogens (tertiary/aromatic N) is 3. The fraction of sp³-hybridized carbons (Fsp3) is 0.308. The van der Waals surface area contributed by atoms with Crippen molar-refractivity contribution in [3.63, 3.8) is 0 Å². The first-order valence-corrected chi connectivity index (χ1v) is 11.3. The second kappa shape index (κ2) is 12.4. The number of hydrogen-bond acceptors (Lipinski definition) is 3. The van der Waals surface area contributed by atoms with Crippen molar-refractivity contribution in [2.45, 2.75) is 32.5 Å². The van der Waals surface area contributed by atoms with Gasteiger partial charge in [0.1, 0.15) is 0 Å². The zero-order valence-electron chi connectivity index (χ0n) is 19.0. The average molecular weight is 557 g/mol. The largest absolute Gasteiger partial charge is 0.369 e. The lowest BCUT2D eigenvalue weighted by Gasteiger charge is -2.20. The topological polar surface area (TPSA) is 61.7 Å². The van der Waals surface area contributed by atoms with Gasteiger partial charge < -0.3 is 20.1 Å². The molecule has 2 N–H and O–H groups in total. The van der Waals surface area contributed by atoms with Gasteiger partial charge in [-0.2, -0.15) is 0 Å². The van der Waals surface area contributed by atoms with Gasteiger partial charge in [-0.15, -0.1) is 24.0 Å². The van der Waals surface area contributed by atoms with Crippen LogP contribution in [0.5, 0.6) is 0 Å². The maximum atomic E-state index is 11.9. The van der Waals surface area contributed by atoms with Gasteiger partial charge in [0.15, 0.2) is 5.96 Å². The van der Waals surface area contributed by atoms with E-state index in [1.165, 1.54) is 5.69 Å². The van der Waals surface area contributed by atoms with Crippen LogP contribution in [0.1, 0.15) is 24.5 Å². The Bertz CT molecular complexity index is 1080. The molecule has 33 heavy (non-hydrogen) atoms. The molecule has 1 unspecified atom stereocenters. The molecule has 1 atom stereocenters. The van der Waals surface area contributed by atoms with Gasteiger partial charge in [-0.25, -0.2) is 4.99 Å². The van der Waals surface area contributed by atoms with Crippen LogP contribution in [-0.2, 0) is 13.1 Å². The van der Waals surface area contributed by atoms with Crippen LogP contribution in [0.25, 0.3) is 0 Å². The summed E-state index contributed by atoms with van der Waals surface area (Å²) < 4.78 is 1.71. The zero-order valence-corrected chi connectivity index (χ0v) is 21.3. The van der Waals surface area contributed by atoms with Crippen LogP contribution in [0.4, 0.5) is 5.69 Å². The third kappa shape index (κ3) is 7.08. The van der Waals surface area contributed by atoms with Crippen molar-refractivity contribution in [3.8, 4) is 0 Å². The number of aliphatic imine (C=N–C) groups is 1. The van der Waals surface area contributed by atoms with E-state index in [0.29, 0.717) is 19.1 Å². The smallest absolute Gasteiger partial charge is 0.250 e. The quantitative estimate of drug-likeness (QED) is 0.263. The highest BCUT2D eigenvalue weighted by molar-refractivity contribution is 14.0. The summed E-state index contributed by atoms with van der Waals surface area (Å²) in [4.78, 5) is 19.1. The molecule has 0 radical (unpaired) electrons. The third-order valence-corrected chi connectivity index (χ3v) is 5.69. The average Bonchev–Trinajstić information content (AvgIpc) is 3.29. The Kier molecular flexibility index (Phi) is 9.35. The second-order valence-electron chi connectivity index (χ2n) is 8.09. The molecule has 0 bridgehead atoms. The lowest BCUT2D eigenvalue weighted by molar-refractivity contribution is 0.649. The van der Waals surface area contributed by atoms with E-state index in [4.69, 9.17) is 4.99 Å². The molecular formula is C26H32IN5O. The molecule has 0 spiro atoms. The van der Waals surface area contributed by atoms with Crippen molar-refractivity contribution in [3.05, 3.63) is 100 Å². The number of hydrogen-bond donors (Lipinski definition) is 2. The van der Waals surface area contributed by atoms with Crippen LogP contribution in [0.15, 0.2) is 88.8 Å². The SMILES string of the molecule is CCNC(=NCc1ccc(Cn2ccccc2=O)cc1)NC1CCN(c2ccccc2)C1.I. The number of pyridine rings is 1. The molecule has 1 saturated heterocycles. The number of guanidine groups is 1. The molecule has 4 rings (SSSR count). The van der Waals surface area contributed by atoms with E-state index in [1.54, 1.807) is 16.7 Å². The molecule has 3 aromatic rings. The number of rotatable bonds is 7. The van der Waals surface area contributed by atoms with Gasteiger partial charge in [0.25, 0.3) is 5.56 Å². The van der Waals surface area contributed by atoms with E-state index in [1.807, 2.05) is 12.3 Å². The highest BCUT2D eigenvalue weighted by Crippen LogP contribution is 2.19. The molecule has 6 nitrogen and oxygen atoms in total. The predicted octanol–water partition coefficient (Wildman–Crippen LogP) is 3.85. The van der Waals surface area contributed by atoms with Crippen molar-refractivity contribution in [1.29, 1.82) is 0 Å². The molecular weight excluding hydrogens is 525 g/mol. The Labute approximate surface area is 212 Å². The number of anilines is 1. The first-order chi connectivity index (χ1) is 15.7. The number of nitrogens with one attached hydrogen (secondary N) is 2. The van der Waals surface area contributed by atoms with Gasteiger partial charge in [0, 0.05) is 43.6 Å². The molecule has 1 aliphatic heterocycles. The minimum absolute atomic E-state index is 0. The van der Waals surface area contributed by atoms with Gasteiger partial charge >= 0.3 is 0 Å². The van der Waals surface area contributed by atoms with E-state index in [2.05, 4.69) is 77.1 Å². The molecule has 7 heteroatoms. The van der Waals surface area contributed by atoms with Gasteiger partial charge in [0.05, 0.1) is 13.1 Å². The normalized spacial score (nSPS) is 15.7. The molecule has 2 aromatic carbocycles. The van der Waals surface area contributed by atoms with Crippen molar-refractivity contribution in [2.75, 3.05) is 24.5 Å². The molecule has 0 saturated carbocycles. The fourth-order valence-electron chi connectivity index (χ4n) is 3.97. The van der Waals surface area contributed by atoms with Crippen molar-refractivity contribution in [1.82, 2.24) is 15.2 Å². The highest BCUT2D eigenvalue weighted by atomic mass is 127. The van der Waals surface area contributed by atoms with Crippen LogP contribution >= 0.6 is 24.0 Å². The maximum absolute atomic E-state index is 11.9. The summed E-state index contributed by atoms with van der Waals surface area (Å²) >= 11 is 0. The summed E-state index contributed by atoms with van der Waals surface area (Å²) in [6.45, 7) is 6.12. The first kappa shape index (κ1) is 24.8. The number of aromatic nitrogens is 1. The lowest BCUT2D eigenvalue weighted by Crippen LogP contribution is -2.44. The molecule has 174 valence electrons. The van der Waals surface area contributed by atoms with Crippen molar-refractivity contribution < 1.29 is 0 Å². The molecule has 1 fully saturated rings. The Balaban J connectivity index is 0.00000306. The second-order valence-corrected chi connectivity index (χ2v) is 8.09. The molecule has 1 aromatic heterocycles. The fourth-order valence-corrected chi connectivity index (χ4v) is 3.97. The van der Waals surface area contributed by atoms with E-state index in [0.717, 1.165) is 43.1 Å². The van der Waals surface area contributed by atoms with Crippen molar-refractivity contribution >= 4 is 35.6 Å². The summed E-state index contributed by atoms with van der Waals surface area (Å²) in [6, 6.07) is 24.5. The molecule has 2 heterocycles. The highest BCUT2D eigenvalue weighted by Gasteiger charge is 2.23. The Morgan fingerprint density at radius 2 is 1.73 bits per heavy atom. The zero-order chi connectivity index (χ0) is 22.2. The number of para-hydroxylation sites is 1. The van der Waals surface area contributed by atoms with Crippen molar-refractivity contribution in [2.24, 2.45) is 4.99 Å². The summed E-state index contributed by atoms with van der Waals surface area (Å²) in [5.41, 5.74) is 3.53. The first-order valence-electron chi connectivity index (χ1n) is 11.3. The lowest BCUT2D eigenvalue weighted by atomic mass is 10.1. The monoisotopic (exact) mass is 557 g/mol. The van der Waals surface area contributed by atoms with Crippen LogP contribution < -0.4 is 21.1 Å². The van der Waals surface area contributed by atoms with Crippen LogP contribution in [0.2, 0.25) is 0 Å². The third-order valence-electron chi connectivity index (χ3n) is 5.69. The molecule has 1 aliphatic rings. The molecule has 0 amide bonds. The Hall–Kier alpha value is -2.81. The molecule has 0 aliphatic carbocycles. The van der Waals surface area contributed by atoms with Gasteiger partial charge in [0.2, 0.25) is 0 Å².